The second-order valence-corrected chi connectivity index (χ2v) is 0.989. The zero-order valence-corrected chi connectivity index (χ0v) is 5.94. The second-order valence-electron chi connectivity index (χ2n) is 0.989. The maximum absolute atomic E-state index is 3.85. The average Bonchev–Trinajstić information content (AvgIpc) is 1.76. The van der Waals surface area contributed by atoms with Gasteiger partial charge in [0.05, 0.1) is 12.9 Å². The zero-order valence-electron chi connectivity index (χ0n) is 3.39. The SMILES string of the molecule is C1=NCCN1.[IH2+]. The van der Waals surface area contributed by atoms with Gasteiger partial charge in [-0.25, -0.2) is 0 Å². The third-order valence-corrected chi connectivity index (χ3v) is 0.568. The summed E-state index contributed by atoms with van der Waals surface area (Å²) in [5.41, 5.74) is 0. The van der Waals surface area contributed by atoms with E-state index in [1.54, 1.807) is 6.34 Å². The monoisotopic (exact) mass is 199 g/mol. The van der Waals surface area contributed by atoms with Crippen LogP contribution in [0.15, 0.2) is 4.99 Å². The van der Waals surface area contributed by atoms with Crippen LogP contribution in [0.4, 0.5) is 0 Å². The third kappa shape index (κ3) is 1.59. The van der Waals surface area contributed by atoms with Crippen molar-refractivity contribution in [1.82, 2.24) is 5.32 Å². The van der Waals surface area contributed by atoms with Gasteiger partial charge in [0.1, 0.15) is 0 Å². The van der Waals surface area contributed by atoms with Crippen LogP contribution in [0.3, 0.4) is 0 Å². The first-order valence-corrected chi connectivity index (χ1v) is 1.72. The van der Waals surface area contributed by atoms with E-state index in [0.717, 1.165) is 13.1 Å². The summed E-state index contributed by atoms with van der Waals surface area (Å²) >= 11 is 0. The fourth-order valence-electron chi connectivity index (χ4n) is 0.323. The highest BCUT2D eigenvalue weighted by Gasteiger charge is 1.82. The van der Waals surface area contributed by atoms with E-state index in [-0.39, 0.29) is 24.0 Å². The molecule has 1 aliphatic rings. The van der Waals surface area contributed by atoms with Gasteiger partial charge in [-0.05, 0) is 0 Å². The van der Waals surface area contributed by atoms with Crippen molar-refractivity contribution in [2.24, 2.45) is 4.99 Å². The molecule has 0 radical (unpaired) electrons. The van der Waals surface area contributed by atoms with Crippen LogP contribution in [0.2, 0.25) is 0 Å². The molecule has 0 unspecified atom stereocenters. The minimum atomic E-state index is 0. The molecule has 0 amide bonds. The van der Waals surface area contributed by atoms with Gasteiger partial charge < -0.3 is 5.32 Å². The molecule has 1 N–H and O–H groups in total. The molecule has 1 aliphatic heterocycles. The van der Waals surface area contributed by atoms with Gasteiger partial charge in [-0.1, -0.05) is 0 Å². The lowest BCUT2D eigenvalue weighted by molar-refractivity contribution is -0.00000110. The van der Waals surface area contributed by atoms with Gasteiger partial charge >= 0.3 is 0 Å². The van der Waals surface area contributed by atoms with Gasteiger partial charge in [-0.3, -0.25) is 4.99 Å². The summed E-state index contributed by atoms with van der Waals surface area (Å²) in [6, 6.07) is 0. The minimum absolute atomic E-state index is 0. The molecule has 0 saturated carbocycles. The summed E-state index contributed by atoms with van der Waals surface area (Å²) in [6.45, 7) is 1.99. The predicted molar refractivity (Wildman–Crippen MR) is 24.2 cm³/mol. The Labute approximate surface area is 54.1 Å². The normalized spacial score (nSPS) is 16.0. The number of nitrogens with zero attached hydrogens (tertiary/aromatic N) is 1. The fourth-order valence-corrected chi connectivity index (χ4v) is 0.323. The van der Waals surface area contributed by atoms with Crippen LogP contribution in [-0.2, 0) is 0 Å². The fraction of sp³-hybridized carbons (Fsp3) is 0.667. The summed E-state index contributed by atoms with van der Waals surface area (Å²) < 4.78 is 0. The standard InChI is InChI=1S/C3H6N2.H2I/c1-2-5-3-4-1;/h3H,1-2H2,(H,4,5);1H2/q;+1. The number of hydrogen-bond acceptors (Lipinski definition) is 2. The number of nitrogens with one attached hydrogen (secondary N) is 1. The van der Waals surface area contributed by atoms with Crippen LogP contribution in [-0.4, -0.2) is 19.4 Å². The van der Waals surface area contributed by atoms with E-state index < -0.39 is 0 Å². The molecule has 1 rings (SSSR count). The molecule has 2 nitrogen and oxygen atoms in total. The van der Waals surface area contributed by atoms with Gasteiger partial charge in [-0.2, -0.15) is 0 Å². The highest BCUT2D eigenvalue weighted by atomic mass is 127. The first-order chi connectivity index (χ1) is 2.50. The number of rotatable bonds is 0. The number of halogens is 1. The van der Waals surface area contributed by atoms with Crippen molar-refractivity contribution >= 4 is 6.34 Å². The van der Waals surface area contributed by atoms with Crippen LogP contribution in [0.1, 0.15) is 0 Å². The first kappa shape index (κ1) is 6.20. The van der Waals surface area contributed by atoms with E-state index in [1.165, 1.54) is 0 Å². The summed E-state index contributed by atoms with van der Waals surface area (Å²) in [5.74, 6) is 0. The largest absolute Gasteiger partial charge is 0.375 e. The average molecular weight is 199 g/mol. The van der Waals surface area contributed by atoms with Gasteiger partial charge in [0.25, 0.3) is 0 Å². The highest BCUT2D eigenvalue weighted by Crippen LogP contribution is 1.68. The molecule has 0 aromatic heterocycles. The first-order valence-electron chi connectivity index (χ1n) is 1.72. The number of aliphatic imine (C=N–C) groups is 1. The van der Waals surface area contributed by atoms with Crippen LogP contribution >= 0.6 is 0 Å². The summed E-state index contributed by atoms with van der Waals surface area (Å²) in [4.78, 5) is 3.85. The predicted octanol–water partition coefficient (Wildman–Crippen LogP) is -3.91. The van der Waals surface area contributed by atoms with Crippen LogP contribution in [0.25, 0.3) is 0 Å². The molecule has 0 spiro atoms. The van der Waals surface area contributed by atoms with Gasteiger partial charge in [0.2, 0.25) is 24.0 Å². The maximum atomic E-state index is 3.85. The Balaban J connectivity index is 0.000000250. The lowest BCUT2D eigenvalue weighted by atomic mass is 10.7. The molecule has 6 heavy (non-hydrogen) atoms. The van der Waals surface area contributed by atoms with Crippen molar-refractivity contribution in [3.63, 3.8) is 0 Å². The van der Waals surface area contributed by atoms with Crippen molar-refractivity contribution in [3.05, 3.63) is 0 Å². The molecule has 0 bridgehead atoms. The van der Waals surface area contributed by atoms with E-state index in [4.69, 9.17) is 0 Å². The Morgan fingerprint density at radius 3 is 2.67 bits per heavy atom. The van der Waals surface area contributed by atoms with E-state index >= 15 is 0 Å². The molecule has 0 atom stereocenters. The molecule has 0 aliphatic carbocycles. The summed E-state index contributed by atoms with van der Waals surface area (Å²) in [5, 5.41) is 2.93. The zero-order chi connectivity index (χ0) is 3.54. The smallest absolute Gasteiger partial charge is 0.235 e. The van der Waals surface area contributed by atoms with Crippen molar-refractivity contribution in [1.29, 1.82) is 0 Å². The number of hydrogen-bond donors (Lipinski definition) is 1. The van der Waals surface area contributed by atoms with E-state index in [0.29, 0.717) is 0 Å². The van der Waals surface area contributed by atoms with Crippen LogP contribution < -0.4 is 29.3 Å². The van der Waals surface area contributed by atoms with Crippen molar-refractivity contribution in [2.45, 2.75) is 0 Å². The molecule has 3 heteroatoms. The molecule has 36 valence electrons. The van der Waals surface area contributed by atoms with Crippen LogP contribution in [0.5, 0.6) is 0 Å². The lowest BCUT2D eigenvalue weighted by Crippen LogP contribution is -3.00. The topological polar surface area (TPSA) is 24.4 Å². The van der Waals surface area contributed by atoms with Gasteiger partial charge in [0.15, 0.2) is 0 Å². The molecule has 1 heterocycles. The van der Waals surface area contributed by atoms with Crippen molar-refractivity contribution < 1.29 is 24.0 Å². The maximum Gasteiger partial charge on any atom is 0.235 e. The minimum Gasteiger partial charge on any atom is -0.375 e. The Hall–Kier alpha value is 0.200. The van der Waals surface area contributed by atoms with Crippen LogP contribution in [0, 0.1) is 0 Å². The summed E-state index contributed by atoms with van der Waals surface area (Å²) in [7, 11) is 0. The van der Waals surface area contributed by atoms with Gasteiger partial charge in [-0.15, -0.1) is 0 Å². The quantitative estimate of drug-likeness (QED) is 0.396. The third-order valence-electron chi connectivity index (χ3n) is 0.568. The lowest BCUT2D eigenvalue weighted by Gasteiger charge is -1.75. The molecular formula is C3H8IN2+. The summed E-state index contributed by atoms with van der Waals surface area (Å²) in [6.07, 6.45) is 1.74. The van der Waals surface area contributed by atoms with E-state index in [1.807, 2.05) is 0 Å². The molecule has 0 aromatic rings. The van der Waals surface area contributed by atoms with E-state index in [2.05, 4.69) is 10.3 Å². The highest BCUT2D eigenvalue weighted by molar-refractivity contribution is 5.56. The molecule has 0 aromatic carbocycles. The second kappa shape index (κ2) is 3.39. The van der Waals surface area contributed by atoms with Crippen molar-refractivity contribution in [3.8, 4) is 0 Å². The van der Waals surface area contributed by atoms with Crippen molar-refractivity contribution in [2.75, 3.05) is 13.1 Å². The Kier molecular flexibility index (Phi) is 3.51. The molecule has 0 fully saturated rings. The van der Waals surface area contributed by atoms with Gasteiger partial charge in [0, 0.05) is 6.54 Å². The Morgan fingerprint density at radius 1 is 1.67 bits per heavy atom. The Bertz CT molecular complexity index is 46.8. The van der Waals surface area contributed by atoms with E-state index in [9.17, 15) is 0 Å². The Morgan fingerprint density at radius 2 is 2.50 bits per heavy atom. The molecule has 0 saturated heterocycles. The molecular weight excluding hydrogens is 191 g/mol.